The fourth-order valence-corrected chi connectivity index (χ4v) is 34.6. The number of nitrogens with one attached hydrogen (secondary N) is 2. The number of pyridine rings is 2. The predicted octanol–water partition coefficient (Wildman–Crippen LogP) is 13.1. The number of aromatic amines is 2. The van der Waals surface area contributed by atoms with Gasteiger partial charge >= 0.3 is 7.12 Å². The van der Waals surface area contributed by atoms with Gasteiger partial charge in [-0.1, -0.05) is 69.5 Å². The second-order valence-corrected chi connectivity index (χ2v) is 43.1. The van der Waals surface area contributed by atoms with Crippen LogP contribution in [0.4, 0.5) is 0 Å². The molecule has 1 saturated heterocycles. The summed E-state index contributed by atoms with van der Waals surface area (Å²) in [5, 5.41) is 12.2. The first-order valence-corrected chi connectivity index (χ1v) is 43.6. The number of fused-ring (bicyclic) bond motifs is 6. The van der Waals surface area contributed by atoms with E-state index in [1.54, 1.807) is 94.1 Å². The maximum Gasteiger partial charge on any atom is 0.496 e. The zero-order valence-electron chi connectivity index (χ0n) is 52.1. The van der Waals surface area contributed by atoms with Crippen LogP contribution in [0.2, 0.25) is 5.15 Å². The van der Waals surface area contributed by atoms with Gasteiger partial charge in [-0.05, 0) is 122 Å². The molecule has 10 aromatic rings. The number of nitrogens with zero attached hydrogens (tertiary/aromatic N) is 8. The molecule has 0 aliphatic carbocycles. The van der Waals surface area contributed by atoms with E-state index in [1.165, 1.54) is 23.3 Å². The van der Waals surface area contributed by atoms with Crippen LogP contribution in [0.25, 0.3) is 77.4 Å². The summed E-state index contributed by atoms with van der Waals surface area (Å²) in [6.45, 7) is 32.7. The molecule has 472 valence electrons. The number of rotatable bonds is 6. The van der Waals surface area contributed by atoms with Crippen LogP contribution in [0.15, 0.2) is 70.2 Å². The Labute approximate surface area is 564 Å². The SMILES string of the molecule is CC(C)(C)c1cncc(B2OC(C)(C)C(C)(C)O2)c1.COc1cc2c(cc1-c1c(C)noc1C)[nH]c1nc(C)nc(-c3cncc(C(C)(C)C)c3)c12.COc1cc2c(cc1-c1c(C)noc1C)[nH]c1nc(C)nc(Cl)c12.S=S=S=S=S=S=S=S=S=S=S=S=S. The van der Waals surface area contributed by atoms with E-state index in [9.17, 15) is 0 Å². The van der Waals surface area contributed by atoms with Crippen molar-refractivity contribution in [3.8, 4) is 45.0 Å². The van der Waals surface area contributed by atoms with E-state index < -0.39 is 0 Å². The molecular formula is C58H66BClN10O6S13. The summed E-state index contributed by atoms with van der Waals surface area (Å²) in [6.07, 6.45) is 7.53. The third kappa shape index (κ3) is 16.7. The van der Waals surface area contributed by atoms with Gasteiger partial charge in [-0.15, -0.1) is 0 Å². The molecular weight excluding hydrogens is 1400 g/mol. The molecule has 2 aromatic carbocycles. The summed E-state index contributed by atoms with van der Waals surface area (Å²) in [6, 6.07) is 12.4. The third-order valence-corrected chi connectivity index (χ3v) is 37.1. The van der Waals surface area contributed by atoms with Gasteiger partial charge in [0.1, 0.15) is 51.1 Å². The second-order valence-electron chi connectivity index (χ2n) is 23.3. The number of methoxy groups -OCH3 is 2. The first-order valence-electron chi connectivity index (χ1n) is 27.2. The van der Waals surface area contributed by atoms with Crippen LogP contribution in [0.5, 0.6) is 11.5 Å². The number of hydrogen-bond donors (Lipinski definition) is 2. The monoisotopic (exact) mass is 1460 g/mol. The van der Waals surface area contributed by atoms with E-state index in [0.29, 0.717) is 22.4 Å². The van der Waals surface area contributed by atoms with Crippen LogP contribution in [-0.4, -0.2) is 82.7 Å². The van der Waals surface area contributed by atoms with Crippen LogP contribution in [0.3, 0.4) is 0 Å². The molecule has 0 unspecified atom stereocenters. The maximum absolute atomic E-state index is 6.33. The number of hydrogen-bond acceptors (Lipinski definition) is 16. The van der Waals surface area contributed by atoms with E-state index in [1.807, 2.05) is 84.5 Å². The number of H-pyrrole nitrogens is 2. The fourth-order valence-electron chi connectivity index (χ4n) is 9.55. The number of halogens is 1. The van der Waals surface area contributed by atoms with Crippen molar-refractivity contribution in [2.45, 2.75) is 133 Å². The normalized spacial score (nSPS) is 13.3. The lowest BCUT2D eigenvalue weighted by molar-refractivity contribution is 0.00578. The smallest absolute Gasteiger partial charge is 0.496 e. The predicted molar refractivity (Wildman–Crippen MR) is 397 cm³/mol. The Morgan fingerprint density at radius 2 is 0.966 bits per heavy atom. The Morgan fingerprint density at radius 1 is 0.539 bits per heavy atom. The van der Waals surface area contributed by atoms with Gasteiger partial charge in [-0.3, -0.25) is 9.97 Å². The largest absolute Gasteiger partial charge is 0.496 e. The van der Waals surface area contributed by atoms with E-state index >= 15 is 0 Å². The van der Waals surface area contributed by atoms with E-state index in [4.69, 9.17) is 71.8 Å². The van der Waals surface area contributed by atoms with Crippen molar-refractivity contribution in [2.75, 3.05) is 14.2 Å². The van der Waals surface area contributed by atoms with Crippen molar-refractivity contribution in [3.63, 3.8) is 0 Å². The topological polar surface area (TPSA) is 198 Å². The summed E-state index contributed by atoms with van der Waals surface area (Å²) >= 11 is 15.7. The van der Waals surface area contributed by atoms with Crippen LogP contribution in [-0.2, 0) is 140 Å². The number of aryl methyl sites for hydroxylation is 6. The third-order valence-electron chi connectivity index (χ3n) is 14.6. The molecule has 0 spiro atoms. The first kappa shape index (κ1) is 70.5. The molecule has 0 saturated carbocycles. The summed E-state index contributed by atoms with van der Waals surface area (Å²) in [5.74, 6) is 4.28. The molecule has 1 aliphatic rings. The van der Waals surface area contributed by atoms with Gasteiger partial charge in [0, 0.05) is 189 Å². The van der Waals surface area contributed by atoms with E-state index in [2.05, 4.69) is 128 Å². The molecule has 16 nitrogen and oxygen atoms in total. The quantitative estimate of drug-likeness (QED) is 0.118. The highest BCUT2D eigenvalue weighted by atomic mass is 35.5. The minimum Gasteiger partial charge on any atom is -0.496 e. The van der Waals surface area contributed by atoms with E-state index in [-0.39, 0.29) is 29.2 Å². The van der Waals surface area contributed by atoms with Crippen molar-refractivity contribution in [1.82, 2.24) is 50.2 Å². The lowest BCUT2D eigenvalue weighted by Crippen LogP contribution is -2.41. The van der Waals surface area contributed by atoms with Gasteiger partial charge < -0.3 is 37.8 Å². The van der Waals surface area contributed by atoms with Gasteiger partial charge in [0.15, 0.2) is 0 Å². The zero-order valence-corrected chi connectivity index (χ0v) is 63.4. The van der Waals surface area contributed by atoms with Crippen LogP contribution in [0, 0.1) is 41.5 Å². The van der Waals surface area contributed by atoms with Gasteiger partial charge in [0.2, 0.25) is 0 Å². The van der Waals surface area contributed by atoms with Crippen molar-refractivity contribution in [1.29, 1.82) is 0 Å². The van der Waals surface area contributed by atoms with Crippen molar-refractivity contribution < 1.29 is 27.8 Å². The zero-order chi connectivity index (χ0) is 64.8. The van der Waals surface area contributed by atoms with Crippen LogP contribution < -0.4 is 14.9 Å². The van der Waals surface area contributed by atoms with Gasteiger partial charge in [-0.2, -0.15) is 0 Å². The second kappa shape index (κ2) is 30.2. The molecule has 1 aliphatic heterocycles. The standard InChI is InChI=1S/C26H27N5O2.C17H15ClN4O2.C15H24BNO2.S13/c1-13-22(14(2)33-31-13)19-9-20-18(10-21(19)32-7)23-24(28-15(3)29-25(23)30-20)16-8-17(12-27-11-16)26(4,5)6;1-7-14(8(2)24-22-7)11-5-12-10(6-13(11)23-4)15-16(18)19-9(3)20-17(15)21-12;1-13(2,3)11-8-12(10-17-9-11)16-18-14(4,5)15(6,7)19-16;1-3-5-7-9-11-13-12-10-8-6-4-2/h8-12H,1-7H3,(H,28,29,30);5-6H,1-4H3,(H,19,20,21);8-10H,1-7H3;. The maximum atomic E-state index is 6.33. The van der Waals surface area contributed by atoms with Crippen molar-refractivity contribution >= 4 is 188 Å². The average molecular weight is 1460 g/mol. The molecule has 8 aromatic heterocycles. The minimum atomic E-state index is -0.334. The molecule has 31 heteroatoms. The molecule has 0 bridgehead atoms. The molecule has 0 amide bonds. The Balaban J connectivity index is 0.000000162. The molecule has 2 N–H and O–H groups in total. The summed E-state index contributed by atoms with van der Waals surface area (Å²) in [7, 11) is 21.1. The lowest BCUT2D eigenvalue weighted by atomic mass is 9.77. The number of aromatic nitrogens is 10. The average Bonchev–Trinajstić information content (AvgIpc) is 1.65. The summed E-state index contributed by atoms with van der Waals surface area (Å²) in [5.41, 5.74) is 13.3. The molecule has 9 heterocycles. The Bertz CT molecular complexity index is 4770. The fraction of sp³-hybridized carbons (Fsp3) is 0.379. The number of ether oxygens (including phenoxy) is 2. The summed E-state index contributed by atoms with van der Waals surface area (Å²) < 4.78 is 34.2. The Morgan fingerprint density at radius 3 is 1.40 bits per heavy atom. The van der Waals surface area contributed by atoms with Crippen LogP contribution >= 0.6 is 11.6 Å². The molecule has 0 atom stereocenters. The van der Waals surface area contributed by atoms with Crippen molar-refractivity contribution in [3.05, 3.63) is 112 Å². The highest BCUT2D eigenvalue weighted by Gasteiger charge is 2.52. The highest BCUT2D eigenvalue weighted by molar-refractivity contribution is 8.75. The van der Waals surface area contributed by atoms with Crippen molar-refractivity contribution in [2.24, 2.45) is 0 Å². The molecule has 0 radical (unpaired) electrons. The Kier molecular flexibility index (Phi) is 23.9. The number of benzene rings is 2. The van der Waals surface area contributed by atoms with Gasteiger partial charge in [0.25, 0.3) is 0 Å². The molecule has 11 rings (SSSR count). The van der Waals surface area contributed by atoms with E-state index in [0.717, 1.165) is 117 Å². The molecule has 89 heavy (non-hydrogen) atoms. The minimum absolute atomic E-state index is 0.0170. The summed E-state index contributed by atoms with van der Waals surface area (Å²) in [4.78, 5) is 33.9. The lowest BCUT2D eigenvalue weighted by Gasteiger charge is -2.32. The first-order chi connectivity index (χ1) is 42.1. The molecule has 1 fully saturated rings. The Hall–Kier alpha value is -4.35. The van der Waals surface area contributed by atoms with Gasteiger partial charge in [0.05, 0.1) is 64.4 Å². The van der Waals surface area contributed by atoms with Gasteiger partial charge in [-0.25, -0.2) is 19.9 Å². The highest BCUT2D eigenvalue weighted by Crippen LogP contribution is 2.43. The van der Waals surface area contributed by atoms with Crippen LogP contribution in [0.1, 0.15) is 115 Å².